The van der Waals surface area contributed by atoms with Crippen molar-refractivity contribution >= 4 is 0 Å². The van der Waals surface area contributed by atoms with Gasteiger partial charge in [0.1, 0.15) is 0 Å². The third-order valence-corrected chi connectivity index (χ3v) is 3.79. The van der Waals surface area contributed by atoms with Crippen LogP contribution in [0.15, 0.2) is 24.3 Å². The monoisotopic (exact) mass is 262 g/mol. The van der Waals surface area contributed by atoms with Gasteiger partial charge in [-0.1, -0.05) is 31.2 Å². The first-order valence-electron chi connectivity index (χ1n) is 7.23. The molecule has 0 saturated carbocycles. The molecule has 3 nitrogen and oxygen atoms in total. The van der Waals surface area contributed by atoms with Crippen molar-refractivity contribution in [3.8, 4) is 0 Å². The molecule has 106 valence electrons. The summed E-state index contributed by atoms with van der Waals surface area (Å²) in [5.41, 5.74) is 2.88. The van der Waals surface area contributed by atoms with Crippen LogP contribution in [0.1, 0.15) is 31.9 Å². The van der Waals surface area contributed by atoms with E-state index in [-0.39, 0.29) is 5.54 Å². The average molecular weight is 262 g/mol. The Hall–Kier alpha value is -0.900. The summed E-state index contributed by atoms with van der Waals surface area (Å²) >= 11 is 0. The van der Waals surface area contributed by atoms with Gasteiger partial charge in [0.05, 0.1) is 13.2 Å². The molecule has 3 heteroatoms. The lowest BCUT2D eigenvalue weighted by atomic mass is 10.0. The minimum absolute atomic E-state index is 0.140. The second kappa shape index (κ2) is 6.51. The Morgan fingerprint density at radius 3 is 2.53 bits per heavy atom. The number of nitrogens with zero attached hydrogens (tertiary/aromatic N) is 1. The molecule has 1 saturated heterocycles. The largest absolute Gasteiger partial charge is 0.378 e. The molecular formula is C16H26N2O. The number of hydrogen-bond donors (Lipinski definition) is 1. The molecule has 0 aliphatic carbocycles. The molecule has 0 atom stereocenters. The normalized spacial score (nSPS) is 19.5. The molecule has 0 amide bonds. The van der Waals surface area contributed by atoms with E-state index in [1.807, 2.05) is 0 Å². The van der Waals surface area contributed by atoms with Crippen molar-refractivity contribution in [2.75, 3.05) is 26.3 Å². The Balaban J connectivity index is 1.95. The van der Waals surface area contributed by atoms with Crippen molar-refractivity contribution in [3.63, 3.8) is 0 Å². The van der Waals surface area contributed by atoms with E-state index in [9.17, 15) is 0 Å². The molecule has 1 fully saturated rings. The SMILES string of the molecule is CCNCc1ccc(CN2CCOCC2(C)C)cc1. The van der Waals surface area contributed by atoms with Gasteiger partial charge in [-0.25, -0.2) is 0 Å². The molecule has 0 aromatic heterocycles. The van der Waals surface area contributed by atoms with Gasteiger partial charge in [-0.05, 0) is 31.5 Å². The zero-order valence-electron chi connectivity index (χ0n) is 12.4. The summed E-state index contributed by atoms with van der Waals surface area (Å²) in [6.45, 7) is 12.3. The summed E-state index contributed by atoms with van der Waals surface area (Å²) in [6, 6.07) is 8.95. The van der Waals surface area contributed by atoms with Crippen LogP contribution in [-0.2, 0) is 17.8 Å². The van der Waals surface area contributed by atoms with E-state index < -0.39 is 0 Å². The zero-order chi connectivity index (χ0) is 13.7. The maximum Gasteiger partial charge on any atom is 0.0645 e. The first-order valence-corrected chi connectivity index (χ1v) is 7.23. The zero-order valence-corrected chi connectivity index (χ0v) is 12.4. The molecule has 0 radical (unpaired) electrons. The number of morpholine rings is 1. The Morgan fingerprint density at radius 2 is 1.89 bits per heavy atom. The molecule has 0 spiro atoms. The van der Waals surface area contributed by atoms with E-state index in [4.69, 9.17) is 4.74 Å². The van der Waals surface area contributed by atoms with Crippen LogP contribution in [0.2, 0.25) is 0 Å². The Bertz CT molecular complexity index is 386. The van der Waals surface area contributed by atoms with E-state index in [0.717, 1.165) is 39.4 Å². The Labute approximate surface area is 116 Å². The lowest BCUT2D eigenvalue weighted by molar-refractivity contribution is -0.0552. The van der Waals surface area contributed by atoms with Crippen LogP contribution in [-0.4, -0.2) is 36.7 Å². The van der Waals surface area contributed by atoms with Crippen molar-refractivity contribution in [3.05, 3.63) is 35.4 Å². The predicted octanol–water partition coefficient (Wildman–Crippen LogP) is 2.41. The Kier molecular flexibility index (Phi) is 4.97. The van der Waals surface area contributed by atoms with Crippen LogP contribution < -0.4 is 5.32 Å². The summed E-state index contributed by atoms with van der Waals surface area (Å²) in [7, 11) is 0. The van der Waals surface area contributed by atoms with E-state index in [1.54, 1.807) is 0 Å². The molecule has 1 heterocycles. The molecule has 1 aromatic rings. The fraction of sp³-hybridized carbons (Fsp3) is 0.625. The van der Waals surface area contributed by atoms with Crippen molar-refractivity contribution in [2.24, 2.45) is 0 Å². The summed E-state index contributed by atoms with van der Waals surface area (Å²) in [6.07, 6.45) is 0. The fourth-order valence-corrected chi connectivity index (χ4v) is 2.44. The van der Waals surface area contributed by atoms with Crippen LogP contribution in [0.4, 0.5) is 0 Å². The second-order valence-corrected chi connectivity index (χ2v) is 5.88. The molecule has 0 bridgehead atoms. The highest BCUT2D eigenvalue weighted by atomic mass is 16.5. The number of hydrogen-bond acceptors (Lipinski definition) is 3. The van der Waals surface area contributed by atoms with Crippen LogP contribution in [0.3, 0.4) is 0 Å². The number of benzene rings is 1. The maximum atomic E-state index is 5.57. The van der Waals surface area contributed by atoms with E-state index >= 15 is 0 Å². The number of rotatable bonds is 5. The molecular weight excluding hydrogens is 236 g/mol. The van der Waals surface area contributed by atoms with Crippen LogP contribution in [0.25, 0.3) is 0 Å². The molecule has 1 aliphatic heterocycles. The number of nitrogens with one attached hydrogen (secondary N) is 1. The smallest absolute Gasteiger partial charge is 0.0645 e. The highest BCUT2D eigenvalue weighted by Gasteiger charge is 2.30. The quantitative estimate of drug-likeness (QED) is 0.882. The highest BCUT2D eigenvalue weighted by molar-refractivity contribution is 5.22. The third-order valence-electron chi connectivity index (χ3n) is 3.79. The van der Waals surface area contributed by atoms with E-state index in [0.29, 0.717) is 0 Å². The van der Waals surface area contributed by atoms with Crippen LogP contribution >= 0.6 is 0 Å². The highest BCUT2D eigenvalue weighted by Crippen LogP contribution is 2.21. The summed E-state index contributed by atoms with van der Waals surface area (Å²) in [5, 5.41) is 3.35. The van der Waals surface area contributed by atoms with Crippen LogP contribution in [0.5, 0.6) is 0 Å². The summed E-state index contributed by atoms with van der Waals surface area (Å²) < 4.78 is 5.57. The standard InChI is InChI=1S/C16H26N2O/c1-4-17-11-14-5-7-15(8-6-14)12-18-9-10-19-13-16(18,2)3/h5-8,17H,4,9-13H2,1-3H3. The maximum absolute atomic E-state index is 5.57. The first kappa shape index (κ1) is 14.5. The van der Waals surface area contributed by atoms with Crippen molar-refractivity contribution in [1.82, 2.24) is 10.2 Å². The van der Waals surface area contributed by atoms with Crippen molar-refractivity contribution < 1.29 is 4.74 Å². The molecule has 1 aromatic carbocycles. The van der Waals surface area contributed by atoms with Gasteiger partial charge in [-0.3, -0.25) is 4.90 Å². The molecule has 0 unspecified atom stereocenters. The second-order valence-electron chi connectivity index (χ2n) is 5.88. The molecule has 1 N–H and O–H groups in total. The fourth-order valence-electron chi connectivity index (χ4n) is 2.44. The van der Waals surface area contributed by atoms with Gasteiger partial charge in [0.2, 0.25) is 0 Å². The first-order chi connectivity index (χ1) is 9.12. The lowest BCUT2D eigenvalue weighted by Gasteiger charge is -2.42. The average Bonchev–Trinajstić information content (AvgIpc) is 2.40. The van der Waals surface area contributed by atoms with Gasteiger partial charge in [-0.2, -0.15) is 0 Å². The molecule has 19 heavy (non-hydrogen) atoms. The number of ether oxygens (including phenoxy) is 1. The molecule has 1 aliphatic rings. The van der Waals surface area contributed by atoms with E-state index in [2.05, 4.69) is 55.3 Å². The molecule has 2 rings (SSSR count). The van der Waals surface area contributed by atoms with Crippen LogP contribution in [0, 0.1) is 0 Å². The van der Waals surface area contributed by atoms with Gasteiger partial charge >= 0.3 is 0 Å². The Morgan fingerprint density at radius 1 is 1.21 bits per heavy atom. The predicted molar refractivity (Wildman–Crippen MR) is 79.1 cm³/mol. The van der Waals surface area contributed by atoms with Gasteiger partial charge < -0.3 is 10.1 Å². The summed E-state index contributed by atoms with van der Waals surface area (Å²) in [4.78, 5) is 2.51. The minimum atomic E-state index is 0.140. The lowest BCUT2D eigenvalue weighted by Crippen LogP contribution is -2.52. The third kappa shape index (κ3) is 4.03. The van der Waals surface area contributed by atoms with Gasteiger partial charge in [0, 0.05) is 25.2 Å². The summed E-state index contributed by atoms with van der Waals surface area (Å²) in [5.74, 6) is 0. The minimum Gasteiger partial charge on any atom is -0.378 e. The van der Waals surface area contributed by atoms with Gasteiger partial charge in [0.15, 0.2) is 0 Å². The topological polar surface area (TPSA) is 24.5 Å². The van der Waals surface area contributed by atoms with E-state index in [1.165, 1.54) is 11.1 Å². The van der Waals surface area contributed by atoms with Crippen molar-refractivity contribution in [2.45, 2.75) is 39.4 Å². The van der Waals surface area contributed by atoms with Crippen molar-refractivity contribution in [1.29, 1.82) is 0 Å². The van der Waals surface area contributed by atoms with Gasteiger partial charge in [-0.15, -0.1) is 0 Å². The van der Waals surface area contributed by atoms with Gasteiger partial charge in [0.25, 0.3) is 0 Å².